The molecule has 3 N–H and O–H groups in total. The number of hydrogen-bond donors (Lipinski definition) is 3. The first-order valence-corrected chi connectivity index (χ1v) is 6.36. The van der Waals surface area contributed by atoms with E-state index in [9.17, 15) is 9.90 Å². The first kappa shape index (κ1) is 15.5. The van der Waals surface area contributed by atoms with Crippen LogP contribution in [-0.2, 0) is 0 Å². The molecule has 0 bridgehead atoms. The van der Waals surface area contributed by atoms with Crippen LogP contribution in [-0.4, -0.2) is 28.8 Å². The van der Waals surface area contributed by atoms with E-state index in [4.69, 9.17) is 4.42 Å². The Labute approximate surface area is 113 Å². The zero-order chi connectivity index (χ0) is 14.6. The number of urea groups is 1. The number of hydrogen-bond acceptors (Lipinski definition) is 4. The highest BCUT2D eigenvalue weighted by atomic mass is 16.4. The van der Waals surface area contributed by atoms with Gasteiger partial charge in [0.1, 0.15) is 5.76 Å². The van der Waals surface area contributed by atoms with Crippen molar-refractivity contribution in [1.82, 2.24) is 10.3 Å². The van der Waals surface area contributed by atoms with Crippen LogP contribution in [0.3, 0.4) is 0 Å². The van der Waals surface area contributed by atoms with E-state index in [1.807, 2.05) is 20.8 Å². The fraction of sp³-hybridized carbons (Fsp3) is 0.692. The number of nitrogens with one attached hydrogen (secondary N) is 2. The number of amides is 2. The first-order valence-electron chi connectivity index (χ1n) is 6.36. The summed E-state index contributed by atoms with van der Waals surface area (Å²) in [7, 11) is 0. The maximum absolute atomic E-state index is 11.7. The number of aliphatic hydroxyl groups is 1. The molecule has 2 amide bonds. The van der Waals surface area contributed by atoms with Crippen molar-refractivity contribution < 1.29 is 14.3 Å². The van der Waals surface area contributed by atoms with Crippen LogP contribution in [0.15, 0.2) is 4.42 Å². The molecule has 0 radical (unpaired) electrons. The van der Waals surface area contributed by atoms with Crippen LogP contribution >= 0.6 is 0 Å². The van der Waals surface area contributed by atoms with Crippen molar-refractivity contribution in [3.8, 4) is 0 Å². The molecule has 0 aliphatic rings. The summed E-state index contributed by atoms with van der Waals surface area (Å²) in [6.07, 6.45) is 0.224. The van der Waals surface area contributed by atoms with E-state index in [-0.39, 0.29) is 17.5 Å². The Kier molecular flexibility index (Phi) is 4.94. The van der Waals surface area contributed by atoms with Crippen molar-refractivity contribution in [2.24, 2.45) is 5.41 Å². The van der Waals surface area contributed by atoms with Gasteiger partial charge in [-0.3, -0.25) is 5.32 Å². The van der Waals surface area contributed by atoms with Gasteiger partial charge in [0.2, 0.25) is 0 Å². The van der Waals surface area contributed by atoms with Gasteiger partial charge < -0.3 is 14.8 Å². The minimum absolute atomic E-state index is 0.173. The zero-order valence-corrected chi connectivity index (χ0v) is 12.2. The average Bonchev–Trinajstić information content (AvgIpc) is 2.53. The SMILES string of the molecule is Cc1nc(NC(=O)NCC(C)(C)CC(C)O)oc1C. The number of carbonyl (C=O) groups is 1. The quantitative estimate of drug-likeness (QED) is 0.764. The van der Waals surface area contributed by atoms with Crippen LogP contribution in [0.25, 0.3) is 0 Å². The lowest BCUT2D eigenvalue weighted by molar-refractivity contribution is 0.129. The molecular weight excluding hydrogens is 246 g/mol. The molecule has 0 aliphatic heterocycles. The number of anilines is 1. The molecule has 0 aliphatic carbocycles. The zero-order valence-electron chi connectivity index (χ0n) is 12.2. The van der Waals surface area contributed by atoms with Crippen molar-refractivity contribution in [3.05, 3.63) is 11.5 Å². The van der Waals surface area contributed by atoms with Crippen molar-refractivity contribution in [2.75, 3.05) is 11.9 Å². The highest BCUT2D eigenvalue weighted by Crippen LogP contribution is 2.21. The number of rotatable bonds is 5. The second-order valence-electron chi connectivity index (χ2n) is 5.69. The molecule has 1 aromatic heterocycles. The molecule has 6 nitrogen and oxygen atoms in total. The van der Waals surface area contributed by atoms with Crippen molar-refractivity contribution in [2.45, 2.75) is 47.1 Å². The molecule has 0 saturated carbocycles. The fourth-order valence-corrected chi connectivity index (χ4v) is 1.86. The molecule has 1 heterocycles. The van der Waals surface area contributed by atoms with E-state index >= 15 is 0 Å². The largest absolute Gasteiger partial charge is 0.428 e. The van der Waals surface area contributed by atoms with Gasteiger partial charge in [-0.15, -0.1) is 0 Å². The Hall–Kier alpha value is -1.56. The van der Waals surface area contributed by atoms with E-state index in [1.165, 1.54) is 0 Å². The van der Waals surface area contributed by atoms with Crippen LogP contribution < -0.4 is 10.6 Å². The maximum atomic E-state index is 11.7. The molecule has 0 spiro atoms. The molecule has 0 saturated heterocycles. The van der Waals surface area contributed by atoms with Crippen LogP contribution in [0.5, 0.6) is 0 Å². The van der Waals surface area contributed by atoms with Crippen LogP contribution in [0.1, 0.15) is 38.6 Å². The van der Waals surface area contributed by atoms with E-state index < -0.39 is 6.10 Å². The molecule has 0 fully saturated rings. The van der Waals surface area contributed by atoms with Gasteiger partial charge in [-0.1, -0.05) is 13.8 Å². The van der Waals surface area contributed by atoms with Crippen molar-refractivity contribution >= 4 is 12.0 Å². The van der Waals surface area contributed by atoms with Gasteiger partial charge >= 0.3 is 12.0 Å². The normalized spacial score (nSPS) is 13.2. The Morgan fingerprint density at radius 3 is 2.58 bits per heavy atom. The van der Waals surface area contributed by atoms with Crippen molar-refractivity contribution in [3.63, 3.8) is 0 Å². The molecule has 6 heteroatoms. The highest BCUT2D eigenvalue weighted by molar-refractivity contribution is 5.86. The predicted octanol–water partition coefficient (Wildman–Crippen LogP) is 2.21. The number of nitrogens with zero attached hydrogens (tertiary/aromatic N) is 1. The molecular formula is C13H23N3O3. The lowest BCUT2D eigenvalue weighted by Gasteiger charge is -2.26. The van der Waals surface area contributed by atoms with E-state index in [0.29, 0.717) is 18.7 Å². The lowest BCUT2D eigenvalue weighted by Crippen LogP contribution is -2.38. The van der Waals surface area contributed by atoms with Crippen LogP contribution in [0, 0.1) is 19.3 Å². The second kappa shape index (κ2) is 6.06. The number of oxazole rings is 1. The Morgan fingerprint density at radius 2 is 2.11 bits per heavy atom. The lowest BCUT2D eigenvalue weighted by atomic mass is 9.87. The van der Waals surface area contributed by atoms with E-state index in [0.717, 1.165) is 5.69 Å². The van der Waals surface area contributed by atoms with Gasteiger partial charge in [0, 0.05) is 6.54 Å². The monoisotopic (exact) mass is 269 g/mol. The minimum Gasteiger partial charge on any atom is -0.428 e. The number of aliphatic hydroxyl groups excluding tert-OH is 1. The Morgan fingerprint density at radius 1 is 1.47 bits per heavy atom. The summed E-state index contributed by atoms with van der Waals surface area (Å²) in [6, 6.07) is -0.166. The average molecular weight is 269 g/mol. The smallest absolute Gasteiger partial charge is 0.322 e. The van der Waals surface area contributed by atoms with Gasteiger partial charge in [0.15, 0.2) is 0 Å². The molecule has 1 rings (SSSR count). The van der Waals surface area contributed by atoms with Gasteiger partial charge in [0.05, 0.1) is 11.8 Å². The maximum Gasteiger partial charge on any atom is 0.322 e. The van der Waals surface area contributed by atoms with Crippen molar-refractivity contribution in [1.29, 1.82) is 0 Å². The summed E-state index contributed by atoms with van der Waals surface area (Å²) in [5.74, 6) is 0.685. The Balaban J connectivity index is 2.43. The molecule has 1 unspecified atom stereocenters. The molecule has 0 aromatic carbocycles. The molecule has 1 atom stereocenters. The summed E-state index contributed by atoms with van der Waals surface area (Å²) in [5.41, 5.74) is 0.582. The van der Waals surface area contributed by atoms with E-state index in [2.05, 4.69) is 15.6 Å². The highest BCUT2D eigenvalue weighted by Gasteiger charge is 2.21. The standard InChI is InChI=1S/C13H23N3O3/c1-8(17)6-13(4,5)7-14-11(18)16-12-15-9(2)10(3)19-12/h8,17H,6-7H2,1-5H3,(H2,14,15,16,18). The topological polar surface area (TPSA) is 87.4 Å². The number of aryl methyl sites for hydroxylation is 2. The second-order valence-corrected chi connectivity index (χ2v) is 5.69. The van der Waals surface area contributed by atoms with E-state index in [1.54, 1.807) is 13.8 Å². The Bertz CT molecular complexity index is 419. The third-order valence-corrected chi connectivity index (χ3v) is 2.82. The summed E-state index contributed by atoms with van der Waals surface area (Å²) in [6.45, 7) is 9.77. The van der Waals surface area contributed by atoms with Gasteiger partial charge in [-0.2, -0.15) is 4.98 Å². The van der Waals surface area contributed by atoms with Gasteiger partial charge in [-0.05, 0) is 32.6 Å². The summed E-state index contributed by atoms with van der Waals surface area (Å²) >= 11 is 0. The summed E-state index contributed by atoms with van der Waals surface area (Å²) in [4.78, 5) is 15.7. The molecule has 1 aromatic rings. The minimum atomic E-state index is -0.392. The molecule has 108 valence electrons. The summed E-state index contributed by atoms with van der Waals surface area (Å²) < 4.78 is 5.26. The van der Waals surface area contributed by atoms with Crippen LogP contribution in [0.4, 0.5) is 10.8 Å². The van der Waals surface area contributed by atoms with Crippen LogP contribution in [0.2, 0.25) is 0 Å². The summed E-state index contributed by atoms with van der Waals surface area (Å²) in [5, 5.41) is 14.7. The first-order chi connectivity index (χ1) is 8.69. The molecule has 19 heavy (non-hydrogen) atoms. The third-order valence-electron chi connectivity index (χ3n) is 2.82. The fourth-order valence-electron chi connectivity index (χ4n) is 1.86. The predicted molar refractivity (Wildman–Crippen MR) is 73.1 cm³/mol. The van der Waals surface area contributed by atoms with Gasteiger partial charge in [-0.25, -0.2) is 4.79 Å². The van der Waals surface area contributed by atoms with Gasteiger partial charge in [0.25, 0.3) is 0 Å². The number of carbonyl (C=O) groups excluding carboxylic acids is 1. The third kappa shape index (κ3) is 5.30. The number of aromatic nitrogens is 1.